The number of hydrogen-bond donors (Lipinski definition) is 0. The van der Waals surface area contributed by atoms with Crippen LogP contribution >= 0.6 is 22.9 Å². The fraction of sp³-hybridized carbons (Fsp3) is 0.312. The molecule has 23 heavy (non-hydrogen) atoms. The molecule has 1 fully saturated rings. The van der Waals surface area contributed by atoms with E-state index in [9.17, 15) is 14.9 Å². The Hall–Kier alpha value is -1.92. The van der Waals surface area contributed by atoms with Crippen LogP contribution < -0.4 is 0 Å². The molecule has 3 rings (SSSR count). The summed E-state index contributed by atoms with van der Waals surface area (Å²) < 4.78 is 5.43. The Morgan fingerprint density at radius 3 is 2.57 bits per heavy atom. The number of rotatable bonds is 5. The molecule has 0 saturated heterocycles. The van der Waals surface area contributed by atoms with Gasteiger partial charge in [0.25, 0.3) is 0 Å². The number of esters is 1. The van der Waals surface area contributed by atoms with E-state index in [1.54, 1.807) is 17.5 Å². The molecule has 5 nitrogen and oxygen atoms in total. The van der Waals surface area contributed by atoms with Crippen LogP contribution in [-0.2, 0) is 21.6 Å². The lowest BCUT2D eigenvalue weighted by Gasteiger charge is -2.39. The van der Waals surface area contributed by atoms with Crippen LogP contribution in [-0.4, -0.2) is 10.9 Å². The number of nitrogens with zero attached hydrogens (tertiary/aromatic N) is 1. The van der Waals surface area contributed by atoms with E-state index in [1.807, 2.05) is 12.1 Å². The number of ether oxygens (including phenoxy) is 1. The van der Waals surface area contributed by atoms with Crippen LogP contribution in [0.5, 0.6) is 0 Å². The summed E-state index contributed by atoms with van der Waals surface area (Å²) in [5, 5.41) is 13.0. The maximum atomic E-state index is 12.6. The van der Waals surface area contributed by atoms with E-state index in [0.29, 0.717) is 10.6 Å². The zero-order chi connectivity index (χ0) is 16.4. The fourth-order valence-electron chi connectivity index (χ4n) is 2.73. The Bertz CT molecular complexity index is 737. The average Bonchev–Trinajstić information content (AvgIpc) is 2.95. The highest BCUT2D eigenvalue weighted by molar-refractivity contribution is 7.13. The van der Waals surface area contributed by atoms with Gasteiger partial charge in [0.15, 0.2) is 0 Å². The molecular weight excluding hydrogens is 338 g/mol. The van der Waals surface area contributed by atoms with Gasteiger partial charge in [-0.25, -0.2) is 0 Å². The minimum Gasteiger partial charge on any atom is -0.460 e. The van der Waals surface area contributed by atoms with Gasteiger partial charge in [-0.3, -0.25) is 14.9 Å². The summed E-state index contributed by atoms with van der Waals surface area (Å²) in [6.07, 6.45) is 2.47. The Morgan fingerprint density at radius 2 is 2.04 bits per heavy atom. The van der Waals surface area contributed by atoms with Gasteiger partial charge in [-0.1, -0.05) is 41.5 Å². The molecule has 2 aromatic rings. The lowest BCUT2D eigenvalue weighted by molar-refractivity contribution is -0.380. The minimum atomic E-state index is -0.605. The SMILES string of the molecule is O=C(OCc1csc([N+](=O)[O-])c1)C1(c2ccc(Cl)cc2)CCC1. The lowest BCUT2D eigenvalue weighted by atomic mass is 9.64. The highest BCUT2D eigenvalue weighted by atomic mass is 35.5. The normalized spacial score (nSPS) is 15.7. The van der Waals surface area contributed by atoms with Gasteiger partial charge in [-0.05, 0) is 30.5 Å². The summed E-state index contributed by atoms with van der Waals surface area (Å²) in [7, 11) is 0. The largest absolute Gasteiger partial charge is 0.460 e. The molecule has 0 bridgehead atoms. The van der Waals surface area contributed by atoms with E-state index < -0.39 is 10.3 Å². The first kappa shape index (κ1) is 16.0. The quantitative estimate of drug-likeness (QED) is 0.452. The first-order valence-electron chi connectivity index (χ1n) is 7.16. The van der Waals surface area contributed by atoms with Gasteiger partial charge in [-0.15, -0.1) is 0 Å². The summed E-state index contributed by atoms with van der Waals surface area (Å²) >= 11 is 6.93. The van der Waals surface area contributed by atoms with Crippen molar-refractivity contribution in [1.82, 2.24) is 0 Å². The molecule has 1 aliphatic carbocycles. The van der Waals surface area contributed by atoms with Gasteiger partial charge in [0.2, 0.25) is 0 Å². The molecule has 0 spiro atoms. The average molecular weight is 352 g/mol. The second-order valence-electron chi connectivity index (χ2n) is 5.57. The van der Waals surface area contributed by atoms with Crippen molar-refractivity contribution in [3.05, 3.63) is 62.0 Å². The molecule has 1 heterocycles. The maximum absolute atomic E-state index is 12.6. The summed E-state index contributed by atoms with van der Waals surface area (Å²) in [4.78, 5) is 22.8. The summed E-state index contributed by atoms with van der Waals surface area (Å²) in [5.74, 6) is -0.278. The van der Waals surface area contributed by atoms with Crippen molar-refractivity contribution < 1.29 is 14.5 Å². The van der Waals surface area contributed by atoms with Crippen LogP contribution in [0.1, 0.15) is 30.4 Å². The minimum absolute atomic E-state index is 0.0482. The van der Waals surface area contributed by atoms with Gasteiger partial charge < -0.3 is 4.74 Å². The van der Waals surface area contributed by atoms with Crippen molar-refractivity contribution in [1.29, 1.82) is 0 Å². The Balaban J connectivity index is 1.70. The van der Waals surface area contributed by atoms with Crippen LogP contribution in [0.3, 0.4) is 0 Å². The fourth-order valence-corrected chi connectivity index (χ4v) is 3.57. The maximum Gasteiger partial charge on any atom is 0.324 e. The molecule has 1 aliphatic rings. The highest BCUT2D eigenvalue weighted by Gasteiger charge is 2.47. The summed E-state index contributed by atoms with van der Waals surface area (Å²) in [5.41, 5.74) is 0.946. The highest BCUT2D eigenvalue weighted by Crippen LogP contribution is 2.45. The van der Waals surface area contributed by atoms with Crippen molar-refractivity contribution in [2.45, 2.75) is 31.3 Å². The van der Waals surface area contributed by atoms with E-state index >= 15 is 0 Å². The lowest BCUT2D eigenvalue weighted by Crippen LogP contribution is -2.43. The van der Waals surface area contributed by atoms with Gasteiger partial charge in [0.1, 0.15) is 6.61 Å². The third-order valence-corrected chi connectivity index (χ3v) is 5.37. The molecule has 0 aliphatic heterocycles. The molecule has 120 valence electrons. The predicted molar refractivity (Wildman–Crippen MR) is 87.8 cm³/mol. The van der Waals surface area contributed by atoms with Gasteiger partial charge in [0, 0.05) is 22.0 Å². The zero-order valence-electron chi connectivity index (χ0n) is 12.2. The van der Waals surface area contributed by atoms with Crippen molar-refractivity contribution in [2.75, 3.05) is 0 Å². The molecule has 7 heteroatoms. The van der Waals surface area contributed by atoms with Crippen molar-refractivity contribution in [3.8, 4) is 0 Å². The zero-order valence-corrected chi connectivity index (χ0v) is 13.7. The van der Waals surface area contributed by atoms with Crippen LogP contribution in [0.2, 0.25) is 5.02 Å². The van der Waals surface area contributed by atoms with Crippen LogP contribution in [0.25, 0.3) is 0 Å². The topological polar surface area (TPSA) is 69.4 Å². The molecule has 0 radical (unpaired) electrons. The number of carbonyl (C=O) groups excluding carboxylic acids is 1. The van der Waals surface area contributed by atoms with E-state index in [0.717, 1.165) is 36.2 Å². The molecule has 0 atom stereocenters. The van der Waals surface area contributed by atoms with E-state index in [1.165, 1.54) is 6.07 Å². The number of halogens is 1. The molecular formula is C16H14ClNO4S. The molecule has 0 amide bonds. The number of benzene rings is 1. The smallest absolute Gasteiger partial charge is 0.324 e. The van der Waals surface area contributed by atoms with Gasteiger partial charge in [0.05, 0.1) is 10.3 Å². The van der Waals surface area contributed by atoms with E-state index in [2.05, 4.69) is 0 Å². The number of thiophene rings is 1. The molecule has 0 N–H and O–H groups in total. The van der Waals surface area contributed by atoms with Crippen molar-refractivity contribution in [3.63, 3.8) is 0 Å². The summed E-state index contributed by atoms with van der Waals surface area (Å²) in [6, 6.07) is 8.70. The second-order valence-corrected chi connectivity index (χ2v) is 6.90. The number of carbonyl (C=O) groups is 1. The van der Waals surface area contributed by atoms with Gasteiger partial charge in [-0.2, -0.15) is 0 Å². The molecule has 1 aromatic heterocycles. The van der Waals surface area contributed by atoms with Crippen molar-refractivity contribution in [2.24, 2.45) is 0 Å². The monoisotopic (exact) mass is 351 g/mol. The molecule has 1 saturated carbocycles. The number of nitro groups is 1. The van der Waals surface area contributed by atoms with Gasteiger partial charge >= 0.3 is 11.0 Å². The standard InChI is InChI=1S/C16H14ClNO4S/c17-13-4-2-12(3-5-13)16(6-1-7-16)15(19)22-9-11-8-14(18(20)21)23-10-11/h2-5,8,10H,1,6-7,9H2. The predicted octanol–water partition coefficient (Wildman–Crippen LogP) is 4.47. The van der Waals surface area contributed by atoms with Crippen LogP contribution in [0.4, 0.5) is 5.00 Å². The Morgan fingerprint density at radius 1 is 1.35 bits per heavy atom. The van der Waals surface area contributed by atoms with E-state index in [4.69, 9.17) is 16.3 Å². The number of hydrogen-bond acceptors (Lipinski definition) is 5. The van der Waals surface area contributed by atoms with Crippen molar-refractivity contribution >= 4 is 33.9 Å². The second kappa shape index (κ2) is 6.29. The third kappa shape index (κ3) is 3.09. The Labute approximate surface area is 142 Å². The van der Waals surface area contributed by atoms with E-state index in [-0.39, 0.29) is 17.6 Å². The van der Waals surface area contributed by atoms with Crippen LogP contribution in [0.15, 0.2) is 35.7 Å². The first-order valence-corrected chi connectivity index (χ1v) is 8.42. The third-order valence-electron chi connectivity index (χ3n) is 4.18. The Kier molecular flexibility index (Phi) is 4.37. The molecule has 1 aromatic carbocycles. The first-order chi connectivity index (χ1) is 11.0. The molecule has 0 unspecified atom stereocenters. The van der Waals surface area contributed by atoms with Crippen LogP contribution in [0, 0.1) is 10.1 Å². The summed E-state index contributed by atoms with van der Waals surface area (Å²) in [6.45, 7) is 0.0541.